The Kier molecular flexibility index (Phi) is 4.69. The summed E-state index contributed by atoms with van der Waals surface area (Å²) in [4.78, 5) is 11.7. The van der Waals surface area contributed by atoms with Gasteiger partial charge in [-0.1, -0.05) is 0 Å². The molecule has 0 heterocycles. The predicted molar refractivity (Wildman–Crippen MR) is 67.8 cm³/mol. The molecule has 4 N–H and O–H groups in total. The number of amides is 1. The van der Waals surface area contributed by atoms with Gasteiger partial charge in [-0.2, -0.15) is 0 Å². The second kappa shape index (κ2) is 5.83. The maximum Gasteiger partial charge on any atom is 0.251 e. The average molecular weight is 272 g/mol. The molecule has 0 unspecified atom stereocenters. The first-order valence-electron chi connectivity index (χ1n) is 5.38. The van der Waals surface area contributed by atoms with Crippen molar-refractivity contribution in [3.8, 4) is 5.75 Å². The van der Waals surface area contributed by atoms with Crippen LogP contribution in [0.15, 0.2) is 18.2 Å². The van der Waals surface area contributed by atoms with Crippen molar-refractivity contribution >= 4 is 15.9 Å². The highest BCUT2D eigenvalue weighted by Crippen LogP contribution is 2.16. The molecule has 0 saturated carbocycles. The smallest absolute Gasteiger partial charge is 0.251 e. The number of nitrogens with two attached hydrogens (primary N) is 1. The third-order valence-corrected chi connectivity index (χ3v) is 3.21. The van der Waals surface area contributed by atoms with Gasteiger partial charge in [0.15, 0.2) is 0 Å². The summed E-state index contributed by atoms with van der Waals surface area (Å²) in [5, 5.41) is 16.7. The summed E-state index contributed by atoms with van der Waals surface area (Å²) >= 11 is 0. The van der Waals surface area contributed by atoms with Crippen molar-refractivity contribution in [1.82, 2.24) is 5.32 Å². The van der Waals surface area contributed by atoms with E-state index in [9.17, 15) is 18.3 Å². The molecule has 1 rings (SSSR count). The third-order valence-electron chi connectivity index (χ3n) is 2.35. The fraction of sp³-hybridized carbons (Fsp3) is 0.364. The Morgan fingerprint density at radius 1 is 1.44 bits per heavy atom. The predicted octanol–water partition coefficient (Wildman–Crippen LogP) is 0.109. The fourth-order valence-corrected chi connectivity index (χ4v) is 1.92. The van der Waals surface area contributed by atoms with Crippen molar-refractivity contribution < 1.29 is 18.3 Å². The molecule has 1 amide bonds. The lowest BCUT2D eigenvalue weighted by Crippen LogP contribution is -2.27. The highest BCUT2D eigenvalue weighted by atomic mass is 32.2. The van der Waals surface area contributed by atoms with Gasteiger partial charge in [-0.15, -0.1) is 0 Å². The maximum atomic E-state index is 11.7. The van der Waals surface area contributed by atoms with Gasteiger partial charge in [0, 0.05) is 12.1 Å². The van der Waals surface area contributed by atoms with Crippen LogP contribution in [0.3, 0.4) is 0 Å². The number of phenolic OH excluding ortho intramolecular Hbond substituents is 1. The molecular formula is C11H16N2O4S. The zero-order valence-corrected chi connectivity index (χ0v) is 10.8. The van der Waals surface area contributed by atoms with Crippen molar-refractivity contribution in [1.29, 1.82) is 0 Å². The molecular weight excluding hydrogens is 256 g/mol. The minimum atomic E-state index is -3.48. The first-order chi connectivity index (χ1) is 8.29. The van der Waals surface area contributed by atoms with Crippen LogP contribution in [0.4, 0.5) is 0 Å². The van der Waals surface area contributed by atoms with Crippen LogP contribution in [0, 0.1) is 6.92 Å². The van der Waals surface area contributed by atoms with E-state index in [4.69, 9.17) is 5.14 Å². The number of hydrogen-bond acceptors (Lipinski definition) is 4. The summed E-state index contributed by atoms with van der Waals surface area (Å²) in [6, 6.07) is 4.50. The molecule has 0 bridgehead atoms. The summed E-state index contributed by atoms with van der Waals surface area (Å²) in [5.41, 5.74) is 1.02. The number of rotatable bonds is 5. The zero-order chi connectivity index (χ0) is 13.8. The van der Waals surface area contributed by atoms with Crippen LogP contribution in [0.1, 0.15) is 22.3 Å². The monoisotopic (exact) mass is 272 g/mol. The molecule has 0 aliphatic heterocycles. The SMILES string of the molecule is Cc1cc(C(=O)NCCCS(N)(=O)=O)ccc1O. The number of primary sulfonamides is 1. The second-order valence-corrected chi connectivity index (χ2v) is 5.71. The molecule has 0 fully saturated rings. The van der Waals surface area contributed by atoms with Crippen LogP contribution < -0.4 is 10.5 Å². The van der Waals surface area contributed by atoms with Gasteiger partial charge in [-0.3, -0.25) is 4.79 Å². The number of carbonyl (C=O) groups excluding carboxylic acids is 1. The highest BCUT2D eigenvalue weighted by Gasteiger charge is 2.07. The largest absolute Gasteiger partial charge is 0.508 e. The lowest BCUT2D eigenvalue weighted by atomic mass is 10.1. The maximum absolute atomic E-state index is 11.7. The van der Waals surface area contributed by atoms with E-state index in [1.54, 1.807) is 13.0 Å². The van der Waals surface area contributed by atoms with E-state index in [0.717, 1.165) is 0 Å². The second-order valence-electron chi connectivity index (χ2n) is 3.98. The van der Waals surface area contributed by atoms with Crippen molar-refractivity contribution in [3.63, 3.8) is 0 Å². The Balaban J connectivity index is 2.48. The lowest BCUT2D eigenvalue weighted by molar-refractivity contribution is 0.0953. The minimum Gasteiger partial charge on any atom is -0.508 e. The van der Waals surface area contributed by atoms with Gasteiger partial charge in [-0.05, 0) is 37.1 Å². The molecule has 100 valence electrons. The topological polar surface area (TPSA) is 109 Å². The normalized spacial score (nSPS) is 11.2. The summed E-state index contributed by atoms with van der Waals surface area (Å²) in [6.45, 7) is 1.92. The van der Waals surface area contributed by atoms with E-state index in [-0.39, 0.29) is 30.4 Å². The van der Waals surface area contributed by atoms with Crippen molar-refractivity contribution in [2.45, 2.75) is 13.3 Å². The number of benzene rings is 1. The number of phenols is 1. The van der Waals surface area contributed by atoms with Gasteiger partial charge in [-0.25, -0.2) is 13.6 Å². The Bertz CT molecular complexity index is 540. The quantitative estimate of drug-likeness (QED) is 0.661. The Morgan fingerprint density at radius 2 is 2.11 bits per heavy atom. The number of sulfonamides is 1. The van der Waals surface area contributed by atoms with E-state index in [2.05, 4.69) is 5.32 Å². The number of aromatic hydroxyl groups is 1. The zero-order valence-electron chi connectivity index (χ0n) is 10.0. The minimum absolute atomic E-state index is 0.126. The number of carbonyl (C=O) groups is 1. The average Bonchev–Trinajstić information content (AvgIpc) is 2.26. The Morgan fingerprint density at radius 3 is 2.67 bits per heavy atom. The van der Waals surface area contributed by atoms with Crippen LogP contribution in [0.2, 0.25) is 0 Å². The molecule has 0 saturated heterocycles. The van der Waals surface area contributed by atoms with E-state index >= 15 is 0 Å². The van der Waals surface area contributed by atoms with E-state index in [1.807, 2.05) is 0 Å². The molecule has 0 aromatic heterocycles. The number of hydrogen-bond donors (Lipinski definition) is 3. The van der Waals surface area contributed by atoms with Gasteiger partial charge in [0.05, 0.1) is 5.75 Å². The van der Waals surface area contributed by atoms with Crippen LogP contribution >= 0.6 is 0 Å². The highest BCUT2D eigenvalue weighted by molar-refractivity contribution is 7.89. The molecule has 0 aliphatic carbocycles. The van der Waals surface area contributed by atoms with E-state index in [1.165, 1.54) is 12.1 Å². The van der Waals surface area contributed by atoms with Gasteiger partial charge >= 0.3 is 0 Å². The van der Waals surface area contributed by atoms with Crippen molar-refractivity contribution in [2.75, 3.05) is 12.3 Å². The summed E-state index contributed by atoms with van der Waals surface area (Å²) in [5.74, 6) is -0.352. The summed E-state index contributed by atoms with van der Waals surface area (Å²) in [6.07, 6.45) is 0.266. The molecule has 7 heteroatoms. The molecule has 0 aliphatic rings. The van der Waals surface area contributed by atoms with Crippen LogP contribution in [0.25, 0.3) is 0 Å². The lowest BCUT2D eigenvalue weighted by Gasteiger charge is -2.06. The first-order valence-corrected chi connectivity index (χ1v) is 7.09. The molecule has 0 spiro atoms. The molecule has 6 nitrogen and oxygen atoms in total. The summed E-state index contributed by atoms with van der Waals surface area (Å²) < 4.78 is 21.3. The third kappa shape index (κ3) is 4.72. The van der Waals surface area contributed by atoms with Crippen LogP contribution in [0.5, 0.6) is 5.75 Å². The van der Waals surface area contributed by atoms with Crippen molar-refractivity contribution in [3.05, 3.63) is 29.3 Å². The Labute approximate surface area is 106 Å². The summed E-state index contributed by atoms with van der Waals surface area (Å²) in [7, 11) is -3.48. The number of aryl methyl sites for hydroxylation is 1. The molecule has 0 atom stereocenters. The standard InChI is InChI=1S/C11H16N2O4S/c1-8-7-9(3-4-10(8)14)11(15)13-5-2-6-18(12,16)17/h3-4,7,14H,2,5-6H2,1H3,(H,13,15)(H2,12,16,17). The molecule has 0 radical (unpaired) electrons. The first kappa shape index (κ1) is 14.5. The number of nitrogens with one attached hydrogen (secondary N) is 1. The molecule has 18 heavy (non-hydrogen) atoms. The van der Waals surface area contributed by atoms with Gasteiger partial charge in [0.25, 0.3) is 5.91 Å². The van der Waals surface area contributed by atoms with Gasteiger partial charge in [0.2, 0.25) is 10.0 Å². The Hall–Kier alpha value is -1.60. The molecule has 1 aromatic carbocycles. The van der Waals surface area contributed by atoms with Crippen LogP contribution in [-0.4, -0.2) is 31.7 Å². The fourth-order valence-electron chi connectivity index (χ4n) is 1.37. The molecule has 1 aromatic rings. The van der Waals surface area contributed by atoms with Gasteiger partial charge in [0.1, 0.15) is 5.75 Å². The van der Waals surface area contributed by atoms with E-state index in [0.29, 0.717) is 11.1 Å². The van der Waals surface area contributed by atoms with Crippen molar-refractivity contribution in [2.24, 2.45) is 5.14 Å². The van der Waals surface area contributed by atoms with Gasteiger partial charge < -0.3 is 10.4 Å². The van der Waals surface area contributed by atoms with E-state index < -0.39 is 10.0 Å². The van der Waals surface area contributed by atoms with Crippen LogP contribution in [-0.2, 0) is 10.0 Å².